The summed E-state index contributed by atoms with van der Waals surface area (Å²) >= 11 is 0. The fourth-order valence-corrected chi connectivity index (χ4v) is 10.8. The number of aromatic nitrogens is 5. The summed E-state index contributed by atoms with van der Waals surface area (Å²) < 4.78 is 103. The average molecular weight is 988 g/mol. The summed E-state index contributed by atoms with van der Waals surface area (Å²) in [5, 5.41) is 4.43. The SMILES string of the molecule is [2H]c1c([2H])c([2H])c(-c2cccc(-c3c([2H])c([2H])c([2H])c([2H])c3[2H])c2-[n+]2[c-]n(-c3cccc(Oc4ccc5c6ccc(-c7ccccc7-n7c8ccccc8c8ccccc87)cc6n(-c6cc(C(C)(C)C)ccn6)c5c4)c3)c3ccccc32)c([2H])c1[2H]. The Bertz CT molecular complexity index is 4970. The van der Waals surface area contributed by atoms with Crippen molar-refractivity contribution in [1.82, 2.24) is 18.7 Å². The molecule has 4 heterocycles. The fourth-order valence-electron chi connectivity index (χ4n) is 10.8. The first-order valence-electron chi connectivity index (χ1n) is 30.1. The third-order valence-electron chi connectivity index (χ3n) is 14.3. The Kier molecular flexibility index (Phi) is 8.38. The van der Waals surface area contributed by atoms with Crippen LogP contribution in [0, 0.1) is 6.33 Å². The molecule has 0 saturated heterocycles. The summed E-state index contributed by atoms with van der Waals surface area (Å²) in [6, 6.07) is 57.1. The minimum Gasteiger partial charge on any atom is -0.458 e. The molecule has 0 amide bonds. The summed E-state index contributed by atoms with van der Waals surface area (Å²) in [7, 11) is 0. The number of hydrogen-bond donors (Lipinski definition) is 0. The predicted octanol–water partition coefficient (Wildman–Crippen LogP) is 17.4. The lowest BCUT2D eigenvalue weighted by Crippen LogP contribution is -2.31. The van der Waals surface area contributed by atoms with Gasteiger partial charge in [0.15, 0.2) is 0 Å². The number of benzene rings is 10. The molecule has 0 N–H and O–H groups in total. The minimum atomic E-state index is -0.571. The van der Waals surface area contributed by atoms with Crippen molar-refractivity contribution >= 4 is 54.6 Å². The molecule has 0 bridgehead atoms. The van der Waals surface area contributed by atoms with Crippen molar-refractivity contribution < 1.29 is 23.0 Å². The normalized spacial score (nSPS) is 13.7. The molecule has 0 saturated carbocycles. The molecule has 76 heavy (non-hydrogen) atoms. The minimum absolute atomic E-state index is 0.136. The Morgan fingerprint density at radius 1 is 0.474 bits per heavy atom. The standard InChI is InChI=1S/C70H51N5O/c1-70(2,3)50-40-41-71-68(43-50)75-66-42-49(54-26-10-13-31-61(54)74-62-32-14-11-27-57(62)58-28-12-15-33-63(58)74)36-38-59(66)60-39-37-53(45-67(60)75)76-52-25-18-24-51(44-52)72-46-73(65-35-17-16-34-64(65)72)69-55(47-20-6-4-7-21-47)29-19-30-56(69)48-22-8-5-9-23-48/h4-45H,1-3H3/i4D,5D,6D,7D,8D,9D,20D,21D,22D,23D. The quantitative estimate of drug-likeness (QED) is 0.107. The Balaban J connectivity index is 0.914. The van der Waals surface area contributed by atoms with E-state index in [1.165, 1.54) is 10.8 Å². The molecule has 14 aromatic rings. The second-order valence-corrected chi connectivity index (χ2v) is 19.8. The van der Waals surface area contributed by atoms with Gasteiger partial charge in [0.25, 0.3) is 6.33 Å². The van der Waals surface area contributed by atoms with E-state index in [0.717, 1.165) is 61.0 Å². The van der Waals surface area contributed by atoms with Gasteiger partial charge in [-0.3, -0.25) is 13.7 Å². The molecular weight excluding hydrogens is 927 g/mol. The van der Waals surface area contributed by atoms with E-state index in [-0.39, 0.29) is 33.4 Å². The van der Waals surface area contributed by atoms with E-state index >= 15 is 0 Å². The highest BCUT2D eigenvalue weighted by Crippen LogP contribution is 2.41. The number of pyridine rings is 1. The molecule has 362 valence electrons. The first-order valence-corrected chi connectivity index (χ1v) is 25.1. The zero-order valence-corrected chi connectivity index (χ0v) is 41.6. The molecule has 0 radical (unpaired) electrons. The average Bonchev–Trinajstić information content (AvgIpc) is 1.50. The Morgan fingerprint density at radius 3 is 1.76 bits per heavy atom. The molecule has 0 spiro atoms. The lowest BCUT2D eigenvalue weighted by Gasteiger charge is -2.20. The van der Waals surface area contributed by atoms with Gasteiger partial charge in [0, 0.05) is 39.4 Å². The smallest absolute Gasteiger partial charge is 0.269 e. The van der Waals surface area contributed by atoms with Gasteiger partial charge in [-0.05, 0) is 106 Å². The molecule has 0 aliphatic carbocycles. The number of fused-ring (bicyclic) bond motifs is 7. The van der Waals surface area contributed by atoms with E-state index in [1.807, 2.05) is 66.9 Å². The zero-order chi connectivity index (χ0) is 59.6. The van der Waals surface area contributed by atoms with Gasteiger partial charge >= 0.3 is 0 Å². The molecule has 14 rings (SSSR count). The molecule has 4 aromatic heterocycles. The molecule has 0 unspecified atom stereocenters. The monoisotopic (exact) mass is 987 g/mol. The number of imidazole rings is 1. The zero-order valence-electron chi connectivity index (χ0n) is 51.6. The summed E-state index contributed by atoms with van der Waals surface area (Å²) in [5.74, 6) is 1.82. The van der Waals surface area contributed by atoms with Crippen LogP contribution >= 0.6 is 0 Å². The van der Waals surface area contributed by atoms with Crippen LogP contribution in [0.5, 0.6) is 11.5 Å². The third-order valence-corrected chi connectivity index (χ3v) is 14.3. The van der Waals surface area contributed by atoms with Gasteiger partial charge in [0.1, 0.15) is 17.3 Å². The molecule has 0 aliphatic heterocycles. The number of ether oxygens (including phenoxy) is 1. The molecule has 0 fully saturated rings. The van der Waals surface area contributed by atoms with Crippen LogP contribution in [-0.2, 0) is 5.41 Å². The van der Waals surface area contributed by atoms with Crippen molar-refractivity contribution in [3.8, 4) is 67.8 Å². The van der Waals surface area contributed by atoms with E-state index in [1.54, 1.807) is 27.3 Å². The maximum absolute atomic E-state index is 9.10. The number of rotatable bonds is 9. The predicted molar refractivity (Wildman–Crippen MR) is 312 cm³/mol. The Hall–Kier alpha value is -9.78. The Morgan fingerprint density at radius 2 is 1.05 bits per heavy atom. The largest absolute Gasteiger partial charge is 0.458 e. The van der Waals surface area contributed by atoms with Crippen molar-refractivity contribution in [3.05, 3.63) is 267 Å². The van der Waals surface area contributed by atoms with Gasteiger partial charge in [-0.1, -0.05) is 196 Å². The second-order valence-electron chi connectivity index (χ2n) is 19.8. The van der Waals surface area contributed by atoms with Crippen molar-refractivity contribution in [2.45, 2.75) is 26.2 Å². The summed E-state index contributed by atoms with van der Waals surface area (Å²) in [6.07, 6.45) is 5.35. The van der Waals surface area contributed by atoms with Crippen LogP contribution in [0.4, 0.5) is 0 Å². The van der Waals surface area contributed by atoms with Gasteiger partial charge in [-0.25, -0.2) is 4.98 Å². The van der Waals surface area contributed by atoms with Crippen molar-refractivity contribution in [2.24, 2.45) is 0 Å². The van der Waals surface area contributed by atoms with Gasteiger partial charge in [0.05, 0.1) is 63.9 Å². The fraction of sp³-hybridized carbons (Fsp3) is 0.0571. The van der Waals surface area contributed by atoms with E-state index in [4.69, 9.17) is 23.4 Å². The van der Waals surface area contributed by atoms with Crippen LogP contribution in [0.1, 0.15) is 40.0 Å². The third kappa shape index (κ3) is 7.56. The van der Waals surface area contributed by atoms with Gasteiger partial charge in [-0.15, -0.1) is 0 Å². The summed E-state index contributed by atoms with van der Waals surface area (Å²) in [6.45, 7) is 6.59. The van der Waals surface area contributed by atoms with Gasteiger partial charge in [-0.2, -0.15) is 0 Å². The van der Waals surface area contributed by atoms with Gasteiger partial charge < -0.3 is 9.30 Å². The van der Waals surface area contributed by atoms with Crippen LogP contribution in [0.15, 0.2) is 255 Å². The molecule has 6 heteroatoms. The Labute approximate surface area is 455 Å². The van der Waals surface area contributed by atoms with Crippen LogP contribution < -0.4 is 9.30 Å². The summed E-state index contributed by atoms with van der Waals surface area (Å²) in [5.41, 5.74) is 10.3. The summed E-state index contributed by atoms with van der Waals surface area (Å²) in [4.78, 5) is 5.04. The van der Waals surface area contributed by atoms with Crippen LogP contribution in [0.2, 0.25) is 0 Å². The van der Waals surface area contributed by atoms with Crippen LogP contribution in [0.25, 0.3) is 111 Å². The maximum atomic E-state index is 9.10. The van der Waals surface area contributed by atoms with Crippen LogP contribution in [-0.4, -0.2) is 18.7 Å². The molecule has 0 atom stereocenters. The topological polar surface area (TPSA) is 40.8 Å². The molecular formula is C70H51N5O. The first kappa shape index (κ1) is 35.4. The lowest BCUT2D eigenvalue weighted by atomic mass is 9.88. The first-order chi connectivity index (χ1) is 41.5. The van der Waals surface area contributed by atoms with E-state index in [9.17, 15) is 0 Å². The second kappa shape index (κ2) is 18.0. The van der Waals surface area contributed by atoms with Crippen molar-refractivity contribution in [1.29, 1.82) is 0 Å². The van der Waals surface area contributed by atoms with Gasteiger partial charge in [0.2, 0.25) is 0 Å². The number of hydrogen-bond acceptors (Lipinski definition) is 2. The molecule has 0 aliphatic rings. The molecule has 6 nitrogen and oxygen atoms in total. The molecule has 10 aromatic carbocycles. The maximum Gasteiger partial charge on any atom is 0.269 e. The van der Waals surface area contributed by atoms with E-state index in [2.05, 4.69) is 145 Å². The van der Waals surface area contributed by atoms with E-state index in [0.29, 0.717) is 28.2 Å². The highest BCUT2D eigenvalue weighted by molar-refractivity contribution is 6.12. The number of nitrogens with zero attached hydrogens (tertiary/aromatic N) is 5. The number of para-hydroxylation sites is 6. The van der Waals surface area contributed by atoms with Crippen LogP contribution in [0.3, 0.4) is 0 Å². The highest BCUT2D eigenvalue weighted by atomic mass is 16.5. The van der Waals surface area contributed by atoms with E-state index < -0.39 is 60.4 Å². The lowest BCUT2D eigenvalue weighted by molar-refractivity contribution is -0.571. The van der Waals surface area contributed by atoms with Crippen molar-refractivity contribution in [3.63, 3.8) is 0 Å². The highest BCUT2D eigenvalue weighted by Gasteiger charge is 2.23. The van der Waals surface area contributed by atoms with Crippen molar-refractivity contribution in [2.75, 3.05) is 0 Å².